The zero-order valence-corrected chi connectivity index (χ0v) is 10.1. The van der Waals surface area contributed by atoms with Crippen LogP contribution >= 0.6 is 0 Å². The van der Waals surface area contributed by atoms with E-state index in [2.05, 4.69) is 4.74 Å². The molecule has 2 atom stereocenters. The minimum atomic E-state index is -4.42. The molecule has 8 heteroatoms. The summed E-state index contributed by atoms with van der Waals surface area (Å²) in [6, 6.07) is -0.185. The maximum absolute atomic E-state index is 11.9. The topological polar surface area (TPSA) is 64.8 Å². The standard InChI is InChI=1S/C10H17F3N2O3/c1-7-4-18-8(2-14)3-15(7)9(16)5-17-6-10(11,12)13/h7-8H,2-6,14H2,1H3. The first-order valence-corrected chi connectivity index (χ1v) is 5.59. The summed E-state index contributed by atoms with van der Waals surface area (Å²) in [6.07, 6.45) is -4.69. The van der Waals surface area contributed by atoms with Gasteiger partial charge in [-0.2, -0.15) is 13.2 Å². The molecule has 2 N–H and O–H groups in total. The highest BCUT2D eigenvalue weighted by Gasteiger charge is 2.31. The molecule has 5 nitrogen and oxygen atoms in total. The van der Waals surface area contributed by atoms with Crippen molar-refractivity contribution in [3.05, 3.63) is 0 Å². The van der Waals surface area contributed by atoms with E-state index < -0.39 is 25.3 Å². The van der Waals surface area contributed by atoms with Crippen molar-refractivity contribution in [1.29, 1.82) is 0 Å². The van der Waals surface area contributed by atoms with Gasteiger partial charge in [-0.3, -0.25) is 4.79 Å². The summed E-state index contributed by atoms with van der Waals surface area (Å²) >= 11 is 0. The summed E-state index contributed by atoms with van der Waals surface area (Å²) in [7, 11) is 0. The first-order valence-electron chi connectivity index (χ1n) is 5.59. The summed E-state index contributed by atoms with van der Waals surface area (Å²) in [5.74, 6) is -0.478. The molecule has 0 bridgehead atoms. The van der Waals surface area contributed by atoms with Crippen LogP contribution in [-0.2, 0) is 14.3 Å². The van der Waals surface area contributed by atoms with E-state index in [1.807, 2.05) is 0 Å². The second kappa shape index (κ2) is 6.35. The highest BCUT2D eigenvalue weighted by Crippen LogP contribution is 2.15. The number of hydrogen-bond donors (Lipinski definition) is 1. The van der Waals surface area contributed by atoms with Gasteiger partial charge in [-0.15, -0.1) is 0 Å². The second-order valence-electron chi connectivity index (χ2n) is 4.19. The van der Waals surface area contributed by atoms with Crippen molar-refractivity contribution in [2.45, 2.75) is 25.2 Å². The van der Waals surface area contributed by atoms with E-state index in [4.69, 9.17) is 10.5 Å². The lowest BCUT2D eigenvalue weighted by Crippen LogP contribution is -2.53. The third-order valence-corrected chi connectivity index (χ3v) is 2.58. The van der Waals surface area contributed by atoms with Crippen molar-refractivity contribution in [3.63, 3.8) is 0 Å². The minimum Gasteiger partial charge on any atom is -0.373 e. The molecule has 0 radical (unpaired) electrons. The van der Waals surface area contributed by atoms with E-state index in [0.29, 0.717) is 6.61 Å². The van der Waals surface area contributed by atoms with Gasteiger partial charge in [0.2, 0.25) is 5.91 Å². The van der Waals surface area contributed by atoms with Crippen LogP contribution in [0.5, 0.6) is 0 Å². The molecule has 0 aromatic carbocycles. The number of alkyl halides is 3. The molecule has 0 aromatic heterocycles. The molecule has 18 heavy (non-hydrogen) atoms. The predicted molar refractivity (Wildman–Crippen MR) is 56.8 cm³/mol. The van der Waals surface area contributed by atoms with E-state index in [9.17, 15) is 18.0 Å². The normalized spacial score (nSPS) is 25.3. The number of halogens is 3. The Bertz CT molecular complexity index is 286. The Labute approximate surface area is 103 Å². The summed E-state index contributed by atoms with van der Waals surface area (Å²) in [5, 5.41) is 0. The molecule has 1 heterocycles. The molecular formula is C10H17F3N2O3. The van der Waals surface area contributed by atoms with Gasteiger partial charge in [-0.1, -0.05) is 0 Å². The molecule has 0 aliphatic carbocycles. The highest BCUT2D eigenvalue weighted by atomic mass is 19.4. The van der Waals surface area contributed by atoms with Gasteiger partial charge >= 0.3 is 6.18 Å². The number of hydrogen-bond acceptors (Lipinski definition) is 4. The number of ether oxygens (including phenoxy) is 2. The largest absolute Gasteiger partial charge is 0.411 e. The summed E-state index contributed by atoms with van der Waals surface area (Å²) in [5.41, 5.74) is 5.43. The van der Waals surface area contributed by atoms with Crippen molar-refractivity contribution in [1.82, 2.24) is 4.90 Å². The van der Waals surface area contributed by atoms with Crippen LogP contribution < -0.4 is 5.73 Å². The Kier molecular flexibility index (Phi) is 5.36. The van der Waals surface area contributed by atoms with Crippen molar-refractivity contribution in [2.24, 2.45) is 5.73 Å². The quantitative estimate of drug-likeness (QED) is 0.789. The Hall–Kier alpha value is -0.860. The highest BCUT2D eigenvalue weighted by molar-refractivity contribution is 5.77. The molecule has 106 valence electrons. The van der Waals surface area contributed by atoms with Gasteiger partial charge in [0.1, 0.15) is 13.2 Å². The van der Waals surface area contributed by atoms with E-state index in [-0.39, 0.29) is 25.2 Å². The Morgan fingerprint density at radius 1 is 1.56 bits per heavy atom. The Morgan fingerprint density at radius 2 is 2.22 bits per heavy atom. The lowest BCUT2D eigenvalue weighted by Gasteiger charge is -2.37. The van der Waals surface area contributed by atoms with Gasteiger partial charge in [0, 0.05) is 13.1 Å². The zero-order chi connectivity index (χ0) is 13.8. The van der Waals surface area contributed by atoms with Crippen LogP contribution in [0.25, 0.3) is 0 Å². The van der Waals surface area contributed by atoms with Gasteiger partial charge in [-0.25, -0.2) is 0 Å². The van der Waals surface area contributed by atoms with E-state index in [1.165, 1.54) is 4.90 Å². The summed E-state index contributed by atoms with van der Waals surface area (Å²) < 4.78 is 45.2. The second-order valence-corrected chi connectivity index (χ2v) is 4.19. The molecule has 0 saturated carbocycles. The average Bonchev–Trinajstić information content (AvgIpc) is 2.27. The smallest absolute Gasteiger partial charge is 0.373 e. The van der Waals surface area contributed by atoms with Gasteiger partial charge in [0.05, 0.1) is 18.8 Å². The van der Waals surface area contributed by atoms with Gasteiger partial charge in [0.15, 0.2) is 0 Å². The summed E-state index contributed by atoms with van der Waals surface area (Å²) in [6.45, 7) is 0.631. The lowest BCUT2D eigenvalue weighted by molar-refractivity contribution is -0.180. The number of nitrogens with zero attached hydrogens (tertiary/aromatic N) is 1. The molecule has 1 rings (SSSR count). The zero-order valence-electron chi connectivity index (χ0n) is 10.1. The van der Waals surface area contributed by atoms with Crippen LogP contribution in [0.3, 0.4) is 0 Å². The van der Waals surface area contributed by atoms with Crippen molar-refractivity contribution >= 4 is 5.91 Å². The van der Waals surface area contributed by atoms with Crippen LogP contribution in [0.2, 0.25) is 0 Å². The van der Waals surface area contributed by atoms with Crippen molar-refractivity contribution < 1.29 is 27.4 Å². The number of carbonyl (C=O) groups excluding carboxylic acids is 1. The number of nitrogens with two attached hydrogens (primary N) is 1. The maximum Gasteiger partial charge on any atom is 0.411 e. The number of amides is 1. The van der Waals surface area contributed by atoms with Gasteiger partial charge < -0.3 is 20.1 Å². The average molecular weight is 270 g/mol. The molecule has 0 aromatic rings. The first kappa shape index (κ1) is 15.2. The fourth-order valence-corrected chi connectivity index (χ4v) is 1.64. The van der Waals surface area contributed by atoms with Crippen LogP contribution in [0.1, 0.15) is 6.92 Å². The third-order valence-electron chi connectivity index (χ3n) is 2.58. The van der Waals surface area contributed by atoms with Crippen LogP contribution in [0.15, 0.2) is 0 Å². The fourth-order valence-electron chi connectivity index (χ4n) is 1.64. The molecule has 0 spiro atoms. The van der Waals surface area contributed by atoms with Crippen LogP contribution in [0, 0.1) is 0 Å². The maximum atomic E-state index is 11.9. The molecule has 1 saturated heterocycles. The molecule has 2 unspecified atom stereocenters. The van der Waals surface area contributed by atoms with Crippen LogP contribution in [-0.4, -0.2) is 62.0 Å². The SMILES string of the molecule is CC1COC(CN)CN1C(=O)COCC(F)(F)F. The van der Waals surface area contributed by atoms with Crippen molar-refractivity contribution in [2.75, 3.05) is 32.9 Å². The monoisotopic (exact) mass is 270 g/mol. The number of carbonyl (C=O) groups is 1. The first-order chi connectivity index (χ1) is 8.33. The molecule has 1 aliphatic rings. The molecule has 1 amide bonds. The molecule has 1 fully saturated rings. The lowest BCUT2D eigenvalue weighted by atomic mass is 10.2. The predicted octanol–water partition coefficient (Wildman–Crippen LogP) is 0.140. The van der Waals surface area contributed by atoms with Gasteiger partial charge in [0.25, 0.3) is 0 Å². The molecule has 1 aliphatic heterocycles. The Balaban J connectivity index is 2.39. The van der Waals surface area contributed by atoms with E-state index in [1.54, 1.807) is 6.92 Å². The van der Waals surface area contributed by atoms with Crippen LogP contribution in [0.4, 0.5) is 13.2 Å². The van der Waals surface area contributed by atoms with E-state index in [0.717, 1.165) is 0 Å². The number of rotatable bonds is 4. The van der Waals surface area contributed by atoms with Gasteiger partial charge in [-0.05, 0) is 6.92 Å². The third kappa shape index (κ3) is 4.79. The fraction of sp³-hybridized carbons (Fsp3) is 0.900. The minimum absolute atomic E-state index is 0.185. The molecular weight excluding hydrogens is 253 g/mol. The number of morpholine rings is 1. The Morgan fingerprint density at radius 3 is 2.78 bits per heavy atom. The van der Waals surface area contributed by atoms with Crippen molar-refractivity contribution in [3.8, 4) is 0 Å². The summed E-state index contributed by atoms with van der Waals surface area (Å²) in [4.78, 5) is 13.1. The van der Waals surface area contributed by atoms with E-state index >= 15 is 0 Å².